The van der Waals surface area contributed by atoms with Gasteiger partial charge in [-0.05, 0) is 49.9 Å². The average molecular weight is 339 g/mol. The zero-order valence-corrected chi connectivity index (χ0v) is 12.9. The lowest BCUT2D eigenvalue weighted by atomic mass is 10.0. The van der Waals surface area contributed by atoms with Crippen molar-refractivity contribution in [1.82, 2.24) is 5.32 Å². The maximum atomic E-state index is 11.9. The Morgan fingerprint density at radius 1 is 1.37 bits per heavy atom. The Labute approximate surface area is 125 Å². The molecule has 0 spiro atoms. The summed E-state index contributed by atoms with van der Waals surface area (Å²) in [7, 11) is 0. The lowest BCUT2D eigenvalue weighted by molar-refractivity contribution is -0.119. The first-order valence-electron chi connectivity index (χ1n) is 6.24. The molecule has 2 rings (SSSR count). The van der Waals surface area contributed by atoms with Gasteiger partial charge in [0.15, 0.2) is 0 Å². The van der Waals surface area contributed by atoms with Crippen LogP contribution in [0.2, 0.25) is 0 Å². The smallest absolute Gasteiger partial charge is 0.231 e. The van der Waals surface area contributed by atoms with Gasteiger partial charge in [0.25, 0.3) is 0 Å². The van der Waals surface area contributed by atoms with Crippen molar-refractivity contribution in [1.29, 1.82) is 5.26 Å². The van der Waals surface area contributed by atoms with E-state index in [4.69, 9.17) is 0 Å². The number of carbonyl (C=O) groups excluding carboxylic acids is 1. The molecule has 100 valence electrons. The van der Waals surface area contributed by atoms with Crippen LogP contribution in [-0.2, 0) is 4.79 Å². The van der Waals surface area contributed by atoms with Crippen LogP contribution in [0.15, 0.2) is 33.6 Å². The first-order valence-corrected chi connectivity index (χ1v) is 8.02. The van der Waals surface area contributed by atoms with E-state index in [2.05, 4.69) is 27.3 Å². The fraction of sp³-hybridized carbons (Fsp3) is 0.429. The van der Waals surface area contributed by atoms with Gasteiger partial charge < -0.3 is 5.32 Å². The average Bonchev–Trinajstić information content (AvgIpc) is 2.87. The van der Waals surface area contributed by atoms with Crippen molar-refractivity contribution in [2.75, 3.05) is 5.75 Å². The minimum absolute atomic E-state index is 0.0589. The van der Waals surface area contributed by atoms with Gasteiger partial charge in [-0.1, -0.05) is 15.9 Å². The third-order valence-electron chi connectivity index (χ3n) is 3.23. The molecule has 1 aromatic carbocycles. The van der Waals surface area contributed by atoms with Gasteiger partial charge in [-0.15, -0.1) is 11.8 Å². The predicted octanol–water partition coefficient (Wildman–Crippen LogP) is 3.49. The molecule has 0 saturated heterocycles. The first-order chi connectivity index (χ1) is 9.13. The molecule has 1 fully saturated rings. The monoisotopic (exact) mass is 338 g/mol. The normalized spacial score (nSPS) is 16.8. The molecule has 1 amide bonds. The van der Waals surface area contributed by atoms with Gasteiger partial charge in [0, 0.05) is 9.37 Å². The second kappa shape index (κ2) is 6.44. The van der Waals surface area contributed by atoms with E-state index in [1.54, 1.807) is 0 Å². The maximum absolute atomic E-state index is 11.9. The summed E-state index contributed by atoms with van der Waals surface area (Å²) < 4.78 is 1.02. The number of nitriles is 1. The Morgan fingerprint density at radius 2 is 2.00 bits per heavy atom. The number of hydrogen-bond donors (Lipinski definition) is 1. The molecule has 5 heteroatoms. The van der Waals surface area contributed by atoms with Crippen LogP contribution in [0.5, 0.6) is 0 Å². The zero-order valence-electron chi connectivity index (χ0n) is 10.5. The van der Waals surface area contributed by atoms with Crippen molar-refractivity contribution in [3.8, 4) is 6.07 Å². The number of amides is 1. The minimum atomic E-state index is -0.614. The summed E-state index contributed by atoms with van der Waals surface area (Å²) in [6.45, 7) is 0. The molecule has 3 nitrogen and oxygen atoms in total. The quantitative estimate of drug-likeness (QED) is 0.855. The Balaban J connectivity index is 1.85. The van der Waals surface area contributed by atoms with Crippen molar-refractivity contribution < 1.29 is 4.79 Å². The molecule has 0 unspecified atom stereocenters. The highest BCUT2D eigenvalue weighted by atomic mass is 79.9. The van der Waals surface area contributed by atoms with Crippen LogP contribution in [-0.4, -0.2) is 17.2 Å². The topological polar surface area (TPSA) is 52.9 Å². The van der Waals surface area contributed by atoms with Gasteiger partial charge >= 0.3 is 0 Å². The largest absolute Gasteiger partial charge is 0.337 e. The summed E-state index contributed by atoms with van der Waals surface area (Å²) >= 11 is 4.86. The fourth-order valence-electron chi connectivity index (χ4n) is 2.23. The number of halogens is 1. The highest BCUT2D eigenvalue weighted by Crippen LogP contribution is 2.29. The molecule has 1 aromatic rings. The predicted molar refractivity (Wildman–Crippen MR) is 79.8 cm³/mol. The minimum Gasteiger partial charge on any atom is -0.337 e. The number of carbonyl (C=O) groups is 1. The molecular weight excluding hydrogens is 324 g/mol. The van der Waals surface area contributed by atoms with Crippen molar-refractivity contribution in [3.05, 3.63) is 28.7 Å². The molecule has 1 aliphatic carbocycles. The Bertz CT molecular complexity index is 489. The van der Waals surface area contributed by atoms with Gasteiger partial charge in [0.2, 0.25) is 5.91 Å². The van der Waals surface area contributed by atoms with Crippen LogP contribution in [0.1, 0.15) is 25.7 Å². The van der Waals surface area contributed by atoms with Crippen LogP contribution in [0, 0.1) is 11.3 Å². The van der Waals surface area contributed by atoms with Gasteiger partial charge in [-0.25, -0.2) is 0 Å². The number of nitrogens with zero attached hydrogens (tertiary/aromatic N) is 1. The molecule has 0 radical (unpaired) electrons. The summed E-state index contributed by atoms with van der Waals surface area (Å²) in [5.41, 5.74) is -0.614. The van der Waals surface area contributed by atoms with Gasteiger partial charge in [0.1, 0.15) is 5.54 Å². The Hall–Kier alpha value is -0.990. The van der Waals surface area contributed by atoms with Crippen molar-refractivity contribution in [3.63, 3.8) is 0 Å². The molecule has 0 atom stereocenters. The SMILES string of the molecule is N#CC1(NC(=O)CSc2ccc(Br)cc2)CCCC1. The highest BCUT2D eigenvalue weighted by molar-refractivity contribution is 9.10. The molecule has 0 heterocycles. The number of benzene rings is 1. The van der Waals surface area contributed by atoms with Crippen molar-refractivity contribution >= 4 is 33.6 Å². The van der Waals surface area contributed by atoms with Crippen LogP contribution < -0.4 is 5.32 Å². The van der Waals surface area contributed by atoms with Crippen LogP contribution in [0.4, 0.5) is 0 Å². The summed E-state index contributed by atoms with van der Waals surface area (Å²) in [5, 5.41) is 12.1. The number of thioether (sulfide) groups is 1. The number of rotatable bonds is 4. The molecule has 19 heavy (non-hydrogen) atoms. The van der Waals surface area contributed by atoms with E-state index in [1.807, 2.05) is 24.3 Å². The molecule has 1 saturated carbocycles. The molecule has 0 aromatic heterocycles. The molecule has 1 aliphatic rings. The second-order valence-electron chi connectivity index (χ2n) is 4.69. The zero-order chi connectivity index (χ0) is 13.7. The van der Waals surface area contributed by atoms with Gasteiger partial charge in [0.05, 0.1) is 11.8 Å². The van der Waals surface area contributed by atoms with E-state index in [9.17, 15) is 10.1 Å². The Morgan fingerprint density at radius 3 is 2.58 bits per heavy atom. The summed E-state index contributed by atoms with van der Waals surface area (Å²) in [6.07, 6.45) is 3.60. The van der Waals surface area contributed by atoms with Crippen molar-refractivity contribution in [2.45, 2.75) is 36.1 Å². The summed E-state index contributed by atoms with van der Waals surface area (Å²) in [6, 6.07) is 10.1. The van der Waals surface area contributed by atoms with E-state index in [1.165, 1.54) is 11.8 Å². The third kappa shape index (κ3) is 3.99. The molecule has 0 bridgehead atoms. The van der Waals surface area contributed by atoms with E-state index in [-0.39, 0.29) is 5.91 Å². The lowest BCUT2D eigenvalue weighted by Crippen LogP contribution is -2.45. The molecule has 0 aliphatic heterocycles. The number of hydrogen-bond acceptors (Lipinski definition) is 3. The summed E-state index contributed by atoms with van der Waals surface area (Å²) in [5.74, 6) is 0.293. The van der Waals surface area contributed by atoms with Gasteiger partial charge in [-0.2, -0.15) is 5.26 Å². The Kier molecular flexibility index (Phi) is 4.89. The highest BCUT2D eigenvalue weighted by Gasteiger charge is 2.35. The second-order valence-corrected chi connectivity index (χ2v) is 6.66. The summed E-state index contributed by atoms with van der Waals surface area (Å²) in [4.78, 5) is 13.0. The standard InChI is InChI=1S/C14H15BrN2OS/c15-11-3-5-12(6-4-11)19-9-13(18)17-14(10-16)7-1-2-8-14/h3-6H,1-2,7-9H2,(H,17,18). The van der Waals surface area contributed by atoms with E-state index >= 15 is 0 Å². The third-order valence-corrected chi connectivity index (χ3v) is 4.77. The van der Waals surface area contributed by atoms with Crippen LogP contribution >= 0.6 is 27.7 Å². The van der Waals surface area contributed by atoms with Gasteiger partial charge in [-0.3, -0.25) is 4.79 Å². The van der Waals surface area contributed by atoms with Crippen molar-refractivity contribution in [2.24, 2.45) is 0 Å². The van der Waals surface area contributed by atoms with E-state index in [0.29, 0.717) is 5.75 Å². The number of nitrogens with one attached hydrogen (secondary N) is 1. The van der Waals surface area contributed by atoms with Crippen LogP contribution in [0.25, 0.3) is 0 Å². The van der Waals surface area contributed by atoms with E-state index in [0.717, 1.165) is 35.1 Å². The maximum Gasteiger partial charge on any atom is 0.231 e. The first kappa shape index (κ1) is 14.4. The molecule has 1 N–H and O–H groups in total. The van der Waals surface area contributed by atoms with Crippen LogP contribution in [0.3, 0.4) is 0 Å². The van der Waals surface area contributed by atoms with E-state index < -0.39 is 5.54 Å². The lowest BCUT2D eigenvalue weighted by Gasteiger charge is -2.21. The fourth-order valence-corrected chi connectivity index (χ4v) is 3.19. The molecular formula is C14H15BrN2OS.